The summed E-state index contributed by atoms with van der Waals surface area (Å²) in [4.78, 5) is 17.3. The van der Waals surface area contributed by atoms with Gasteiger partial charge in [-0.15, -0.1) is 0 Å². The highest BCUT2D eigenvalue weighted by atomic mass is 32.2. The number of rotatable bonds is 9. The maximum atomic E-state index is 12.3. The van der Waals surface area contributed by atoms with Crippen LogP contribution in [0.1, 0.15) is 40.5 Å². The molecular formula is C27H35N3OS. The van der Waals surface area contributed by atoms with Gasteiger partial charge in [0.05, 0.1) is 11.4 Å². The van der Waals surface area contributed by atoms with Crippen molar-refractivity contribution in [2.75, 3.05) is 12.3 Å². The van der Waals surface area contributed by atoms with E-state index in [1.807, 2.05) is 24.3 Å². The van der Waals surface area contributed by atoms with E-state index in [4.69, 9.17) is 4.98 Å². The van der Waals surface area contributed by atoms with Crippen LogP contribution < -0.4 is 5.32 Å². The molecule has 2 aromatic carbocycles. The summed E-state index contributed by atoms with van der Waals surface area (Å²) < 4.78 is 2.16. The molecule has 0 spiro atoms. The first-order valence-electron chi connectivity index (χ1n) is 11.3. The summed E-state index contributed by atoms with van der Waals surface area (Å²) in [6, 6.07) is 20.7. The molecule has 32 heavy (non-hydrogen) atoms. The number of carbonyl (C=O) groups is 1. The van der Waals surface area contributed by atoms with E-state index in [0.717, 1.165) is 39.8 Å². The molecule has 3 rings (SSSR count). The van der Waals surface area contributed by atoms with Gasteiger partial charge in [0.25, 0.3) is 0 Å². The maximum Gasteiger partial charge on any atom is 0.220 e. The van der Waals surface area contributed by atoms with Crippen LogP contribution in [-0.2, 0) is 11.8 Å². The molecule has 0 bridgehead atoms. The second kappa shape index (κ2) is 10.9. The van der Waals surface area contributed by atoms with Crippen molar-refractivity contribution in [1.29, 1.82) is 0 Å². The number of imidazole rings is 1. The predicted molar refractivity (Wildman–Crippen MR) is 136 cm³/mol. The number of amides is 1. The average Bonchev–Trinajstić information content (AvgIpc) is 3.07. The first-order valence-corrected chi connectivity index (χ1v) is 12.3. The third kappa shape index (κ3) is 6.73. The average molecular weight is 450 g/mol. The number of hydrogen-bond donors (Lipinski definition) is 1. The van der Waals surface area contributed by atoms with E-state index >= 15 is 0 Å². The van der Waals surface area contributed by atoms with Gasteiger partial charge in [-0.05, 0) is 17.8 Å². The van der Waals surface area contributed by atoms with Gasteiger partial charge in [-0.25, -0.2) is 4.98 Å². The van der Waals surface area contributed by atoms with Crippen molar-refractivity contribution in [3.05, 3.63) is 60.7 Å². The van der Waals surface area contributed by atoms with Gasteiger partial charge in [-0.2, -0.15) is 0 Å². The zero-order valence-electron chi connectivity index (χ0n) is 19.9. The number of benzene rings is 2. The smallest absolute Gasteiger partial charge is 0.220 e. The fourth-order valence-electron chi connectivity index (χ4n) is 4.17. The molecule has 0 saturated carbocycles. The maximum absolute atomic E-state index is 12.3. The van der Waals surface area contributed by atoms with Crippen molar-refractivity contribution < 1.29 is 4.79 Å². The van der Waals surface area contributed by atoms with Crippen LogP contribution in [0.2, 0.25) is 0 Å². The highest BCUT2D eigenvalue weighted by Gasteiger charge is 2.19. The van der Waals surface area contributed by atoms with Crippen LogP contribution in [0.25, 0.3) is 22.5 Å². The zero-order chi connectivity index (χ0) is 23.1. The van der Waals surface area contributed by atoms with Crippen molar-refractivity contribution in [3.8, 4) is 22.5 Å². The quantitative estimate of drug-likeness (QED) is 0.303. The molecule has 1 unspecified atom stereocenters. The highest BCUT2D eigenvalue weighted by Crippen LogP contribution is 2.34. The Kier molecular flexibility index (Phi) is 8.19. The van der Waals surface area contributed by atoms with Crippen molar-refractivity contribution in [2.45, 2.75) is 45.7 Å². The van der Waals surface area contributed by atoms with Gasteiger partial charge < -0.3 is 9.88 Å². The minimum absolute atomic E-state index is 0.136. The fourth-order valence-corrected chi connectivity index (χ4v) is 5.00. The van der Waals surface area contributed by atoms with Crippen LogP contribution >= 0.6 is 11.8 Å². The number of nitrogens with one attached hydrogen (secondary N) is 1. The summed E-state index contributed by atoms with van der Waals surface area (Å²) in [6.45, 7) is 9.46. The van der Waals surface area contributed by atoms with E-state index in [1.165, 1.54) is 0 Å². The van der Waals surface area contributed by atoms with E-state index in [0.29, 0.717) is 18.9 Å². The van der Waals surface area contributed by atoms with Gasteiger partial charge in [-0.1, -0.05) is 100 Å². The zero-order valence-corrected chi connectivity index (χ0v) is 20.7. The number of aromatic nitrogens is 2. The largest absolute Gasteiger partial charge is 0.355 e. The van der Waals surface area contributed by atoms with Crippen LogP contribution in [0.15, 0.2) is 65.8 Å². The molecule has 1 heterocycles. The second-order valence-corrected chi connectivity index (χ2v) is 10.7. The molecule has 170 valence electrons. The number of hydrogen-bond acceptors (Lipinski definition) is 3. The molecule has 1 amide bonds. The topological polar surface area (TPSA) is 46.9 Å². The Morgan fingerprint density at radius 2 is 1.62 bits per heavy atom. The lowest BCUT2D eigenvalue weighted by molar-refractivity contribution is -0.121. The van der Waals surface area contributed by atoms with E-state index < -0.39 is 0 Å². The SMILES string of the molecule is CC(CC(=O)NCCSc1nc(-c2ccccc2)c(-c2ccccc2)n1C)CC(C)(C)C. The van der Waals surface area contributed by atoms with E-state index in [-0.39, 0.29) is 11.3 Å². The fraction of sp³-hybridized carbons (Fsp3) is 0.407. The second-order valence-electron chi connectivity index (χ2n) is 9.66. The highest BCUT2D eigenvalue weighted by molar-refractivity contribution is 7.99. The van der Waals surface area contributed by atoms with Crippen LogP contribution in [-0.4, -0.2) is 27.8 Å². The molecule has 1 N–H and O–H groups in total. The number of thioether (sulfide) groups is 1. The van der Waals surface area contributed by atoms with Gasteiger partial charge >= 0.3 is 0 Å². The molecule has 0 saturated heterocycles. The standard InChI is InChI=1S/C27H35N3OS/c1-20(19-27(2,3)4)18-23(31)28-16-17-32-26-29-24(21-12-8-6-9-13-21)25(30(26)5)22-14-10-7-11-15-22/h6-15,20H,16-19H2,1-5H3,(H,28,31). The van der Waals surface area contributed by atoms with Crippen molar-refractivity contribution >= 4 is 17.7 Å². The monoisotopic (exact) mass is 449 g/mol. The van der Waals surface area contributed by atoms with E-state index in [9.17, 15) is 4.79 Å². The Morgan fingerprint density at radius 1 is 1.03 bits per heavy atom. The van der Waals surface area contributed by atoms with Gasteiger partial charge in [0.1, 0.15) is 0 Å². The van der Waals surface area contributed by atoms with Crippen LogP contribution in [0.4, 0.5) is 0 Å². The number of nitrogens with zero attached hydrogens (tertiary/aromatic N) is 2. The van der Waals surface area contributed by atoms with Crippen molar-refractivity contribution in [3.63, 3.8) is 0 Å². The third-order valence-corrected chi connectivity index (χ3v) is 6.33. The summed E-state index contributed by atoms with van der Waals surface area (Å²) in [7, 11) is 2.07. The molecule has 0 aliphatic carbocycles. The summed E-state index contributed by atoms with van der Waals surface area (Å²) in [5, 5.41) is 4.03. The minimum Gasteiger partial charge on any atom is -0.355 e. The van der Waals surface area contributed by atoms with Gasteiger partial charge in [-0.3, -0.25) is 4.79 Å². The first kappa shape index (κ1) is 24.1. The summed E-state index contributed by atoms with van der Waals surface area (Å²) in [5.74, 6) is 1.31. The molecule has 3 aromatic rings. The normalized spacial score (nSPS) is 12.5. The molecule has 5 heteroatoms. The third-order valence-electron chi connectivity index (χ3n) is 5.30. The Bertz CT molecular complexity index is 1010. The predicted octanol–water partition coefficient (Wildman–Crippen LogP) is 6.42. The lowest BCUT2D eigenvalue weighted by atomic mass is 9.84. The number of carbonyl (C=O) groups excluding carboxylic acids is 1. The Hall–Kier alpha value is -2.53. The van der Waals surface area contributed by atoms with Crippen LogP contribution in [0, 0.1) is 11.3 Å². The molecule has 1 aromatic heterocycles. The molecule has 4 nitrogen and oxygen atoms in total. The minimum atomic E-state index is 0.136. The van der Waals surface area contributed by atoms with Crippen molar-refractivity contribution in [1.82, 2.24) is 14.9 Å². The van der Waals surface area contributed by atoms with Gasteiger partial charge in [0, 0.05) is 36.9 Å². The molecule has 0 fully saturated rings. The van der Waals surface area contributed by atoms with Crippen LogP contribution in [0.5, 0.6) is 0 Å². The van der Waals surface area contributed by atoms with Gasteiger partial charge in [0.15, 0.2) is 5.16 Å². The summed E-state index contributed by atoms with van der Waals surface area (Å²) in [5.41, 5.74) is 4.60. The lowest BCUT2D eigenvalue weighted by Gasteiger charge is -2.22. The Morgan fingerprint density at radius 3 is 2.22 bits per heavy atom. The van der Waals surface area contributed by atoms with Crippen molar-refractivity contribution in [2.24, 2.45) is 18.4 Å². The van der Waals surface area contributed by atoms with Gasteiger partial charge in [0.2, 0.25) is 5.91 Å². The molecule has 0 aliphatic rings. The Labute approximate surface area is 196 Å². The molecule has 0 radical (unpaired) electrons. The van der Waals surface area contributed by atoms with Crippen LogP contribution in [0.3, 0.4) is 0 Å². The molecular weight excluding hydrogens is 414 g/mol. The summed E-state index contributed by atoms with van der Waals surface area (Å²) >= 11 is 1.68. The summed E-state index contributed by atoms with van der Waals surface area (Å²) in [6.07, 6.45) is 1.63. The first-order chi connectivity index (χ1) is 15.2. The van der Waals surface area contributed by atoms with E-state index in [1.54, 1.807) is 11.8 Å². The molecule has 1 atom stereocenters. The molecule has 0 aliphatic heterocycles. The Balaban J connectivity index is 1.65. The van der Waals surface area contributed by atoms with E-state index in [2.05, 4.69) is 81.0 Å². The lowest BCUT2D eigenvalue weighted by Crippen LogP contribution is -2.28.